The number of anilines is 1. The van der Waals surface area contributed by atoms with Gasteiger partial charge in [0, 0.05) is 29.1 Å². The number of carbonyl (C=O) groups is 2. The SMILES string of the molecule is Cc1ccc(S(=O)(=O)N(CC(=O)N(Cc2cccc(Cl)c2)C(Cc2ccccc2)C(=O)NC(C)C)c2cccc(Cl)c2C)cc1. The molecule has 1 atom stereocenters. The molecule has 0 saturated heterocycles. The van der Waals surface area contributed by atoms with Gasteiger partial charge >= 0.3 is 0 Å². The van der Waals surface area contributed by atoms with Crippen LogP contribution in [-0.2, 0) is 32.6 Å². The Bertz CT molecular complexity index is 1750. The third-order valence-electron chi connectivity index (χ3n) is 7.34. The number of hydrogen-bond donors (Lipinski definition) is 1. The van der Waals surface area contributed by atoms with E-state index in [1.54, 1.807) is 55.5 Å². The molecule has 0 aromatic heterocycles. The molecule has 0 aliphatic rings. The van der Waals surface area contributed by atoms with Crippen LogP contribution in [0.4, 0.5) is 5.69 Å². The van der Waals surface area contributed by atoms with Gasteiger partial charge in [0.2, 0.25) is 11.8 Å². The maximum atomic E-state index is 14.5. The molecule has 1 unspecified atom stereocenters. The number of benzene rings is 4. The Morgan fingerprint density at radius 1 is 0.822 bits per heavy atom. The number of carbonyl (C=O) groups excluding carboxylic acids is 2. The van der Waals surface area contributed by atoms with Crippen LogP contribution in [0.15, 0.2) is 102 Å². The highest BCUT2D eigenvalue weighted by molar-refractivity contribution is 7.92. The highest BCUT2D eigenvalue weighted by Gasteiger charge is 2.35. The molecular formula is C35H37Cl2N3O4S. The van der Waals surface area contributed by atoms with Crippen LogP contribution >= 0.6 is 23.2 Å². The van der Waals surface area contributed by atoms with Crippen LogP contribution in [0, 0.1) is 13.8 Å². The van der Waals surface area contributed by atoms with Gasteiger partial charge in [0.05, 0.1) is 10.6 Å². The molecule has 0 saturated carbocycles. The van der Waals surface area contributed by atoms with E-state index in [9.17, 15) is 18.0 Å². The summed E-state index contributed by atoms with van der Waals surface area (Å²) in [6.07, 6.45) is 0.215. The Labute approximate surface area is 275 Å². The minimum atomic E-state index is -4.24. The van der Waals surface area contributed by atoms with Gasteiger partial charge < -0.3 is 10.2 Å². The van der Waals surface area contributed by atoms with Gasteiger partial charge in [-0.1, -0.05) is 89.4 Å². The molecule has 0 aliphatic heterocycles. The summed E-state index contributed by atoms with van der Waals surface area (Å²) >= 11 is 12.7. The number of halogens is 2. The number of aryl methyl sites for hydroxylation is 1. The van der Waals surface area contributed by atoms with Gasteiger partial charge in [0.1, 0.15) is 12.6 Å². The predicted molar refractivity (Wildman–Crippen MR) is 181 cm³/mol. The average Bonchev–Trinajstić information content (AvgIpc) is 2.99. The lowest BCUT2D eigenvalue weighted by molar-refractivity contribution is -0.140. The van der Waals surface area contributed by atoms with Gasteiger partial charge in [-0.3, -0.25) is 13.9 Å². The summed E-state index contributed by atoms with van der Waals surface area (Å²) in [7, 11) is -4.24. The molecule has 7 nitrogen and oxygen atoms in total. The average molecular weight is 667 g/mol. The standard InChI is InChI=1S/C35H37Cl2N3O4S/c1-24(2)38-35(42)33(21-27-10-6-5-7-11-27)39(22-28-12-8-13-29(36)20-28)34(41)23-40(32-15-9-14-31(37)26(32)4)45(43,44)30-18-16-25(3)17-19-30/h5-20,24,33H,21-23H2,1-4H3,(H,38,42). The van der Waals surface area contributed by atoms with Crippen LogP contribution in [0.2, 0.25) is 10.0 Å². The summed E-state index contributed by atoms with van der Waals surface area (Å²) in [6.45, 7) is 6.71. The number of hydrogen-bond acceptors (Lipinski definition) is 4. The van der Waals surface area contributed by atoms with Crippen molar-refractivity contribution in [1.29, 1.82) is 0 Å². The van der Waals surface area contributed by atoms with E-state index in [0.717, 1.165) is 15.4 Å². The molecule has 4 aromatic rings. The van der Waals surface area contributed by atoms with Gasteiger partial charge in [0.25, 0.3) is 10.0 Å². The quantitative estimate of drug-likeness (QED) is 0.177. The molecular weight excluding hydrogens is 629 g/mol. The van der Waals surface area contributed by atoms with Crippen LogP contribution in [0.1, 0.15) is 36.1 Å². The van der Waals surface area contributed by atoms with Crippen LogP contribution in [-0.4, -0.2) is 43.8 Å². The van der Waals surface area contributed by atoms with Crippen molar-refractivity contribution in [3.05, 3.63) is 129 Å². The molecule has 4 rings (SSSR count). The molecule has 0 aliphatic carbocycles. The molecule has 10 heteroatoms. The molecule has 0 spiro atoms. The summed E-state index contributed by atoms with van der Waals surface area (Å²) in [5.74, 6) is -0.916. The molecule has 4 aromatic carbocycles. The van der Waals surface area contributed by atoms with Crippen LogP contribution < -0.4 is 9.62 Å². The third kappa shape index (κ3) is 8.66. The van der Waals surface area contributed by atoms with Gasteiger partial charge in [-0.05, 0) is 80.8 Å². The number of nitrogens with one attached hydrogen (secondary N) is 1. The van der Waals surface area contributed by atoms with Crippen LogP contribution in [0.3, 0.4) is 0 Å². The van der Waals surface area contributed by atoms with E-state index in [1.165, 1.54) is 17.0 Å². The third-order valence-corrected chi connectivity index (χ3v) is 9.76. The smallest absolute Gasteiger partial charge is 0.264 e. The molecule has 236 valence electrons. The maximum Gasteiger partial charge on any atom is 0.264 e. The van der Waals surface area contributed by atoms with E-state index in [4.69, 9.17) is 23.2 Å². The lowest BCUT2D eigenvalue weighted by atomic mass is 10.0. The number of amides is 2. The zero-order chi connectivity index (χ0) is 32.7. The monoisotopic (exact) mass is 665 g/mol. The Hall–Kier alpha value is -3.85. The molecule has 0 bridgehead atoms. The minimum absolute atomic E-state index is 0.0232. The minimum Gasteiger partial charge on any atom is -0.352 e. The van der Waals surface area contributed by atoms with Crippen molar-refractivity contribution in [3.8, 4) is 0 Å². The Balaban J connectivity index is 1.84. The first-order valence-electron chi connectivity index (χ1n) is 14.6. The summed E-state index contributed by atoms with van der Waals surface area (Å²) in [6, 6.07) is 26.6. The zero-order valence-electron chi connectivity index (χ0n) is 25.7. The van der Waals surface area contributed by atoms with Gasteiger partial charge in [-0.2, -0.15) is 0 Å². The predicted octanol–water partition coefficient (Wildman–Crippen LogP) is 6.97. The first-order chi connectivity index (χ1) is 21.4. The fourth-order valence-corrected chi connectivity index (χ4v) is 6.84. The number of sulfonamides is 1. The molecule has 0 fully saturated rings. The normalized spacial score (nSPS) is 12.1. The van der Waals surface area contributed by atoms with Gasteiger partial charge in [-0.15, -0.1) is 0 Å². The molecule has 0 radical (unpaired) electrons. The zero-order valence-corrected chi connectivity index (χ0v) is 28.0. The molecule has 0 heterocycles. The van der Waals surface area contributed by atoms with Crippen molar-refractivity contribution in [2.24, 2.45) is 0 Å². The fraction of sp³-hybridized carbons (Fsp3) is 0.257. The number of nitrogens with zero attached hydrogens (tertiary/aromatic N) is 2. The van der Waals surface area contributed by atoms with Crippen molar-refractivity contribution in [2.75, 3.05) is 10.8 Å². The van der Waals surface area contributed by atoms with Crippen molar-refractivity contribution in [3.63, 3.8) is 0 Å². The largest absolute Gasteiger partial charge is 0.352 e. The highest BCUT2D eigenvalue weighted by atomic mass is 35.5. The van der Waals surface area contributed by atoms with E-state index < -0.39 is 28.5 Å². The topological polar surface area (TPSA) is 86.8 Å². The Morgan fingerprint density at radius 3 is 2.11 bits per heavy atom. The van der Waals surface area contributed by atoms with Gasteiger partial charge in [0.15, 0.2) is 0 Å². The van der Waals surface area contributed by atoms with E-state index >= 15 is 0 Å². The van der Waals surface area contributed by atoms with E-state index in [1.807, 2.05) is 57.2 Å². The van der Waals surface area contributed by atoms with Crippen LogP contribution in [0.5, 0.6) is 0 Å². The van der Waals surface area contributed by atoms with E-state index in [0.29, 0.717) is 21.2 Å². The lowest BCUT2D eigenvalue weighted by Crippen LogP contribution is -2.54. The molecule has 45 heavy (non-hydrogen) atoms. The van der Waals surface area contributed by atoms with Crippen molar-refractivity contribution in [2.45, 2.75) is 57.6 Å². The summed E-state index contributed by atoms with van der Waals surface area (Å²) in [4.78, 5) is 29.8. The van der Waals surface area contributed by atoms with Crippen molar-refractivity contribution >= 4 is 50.7 Å². The summed E-state index contributed by atoms with van der Waals surface area (Å²) < 4.78 is 29.5. The number of rotatable bonds is 12. The molecule has 1 N–H and O–H groups in total. The molecule has 2 amide bonds. The van der Waals surface area contributed by atoms with Crippen LogP contribution in [0.25, 0.3) is 0 Å². The second kappa shape index (κ2) is 15.0. The Morgan fingerprint density at radius 2 is 1.47 bits per heavy atom. The summed E-state index contributed by atoms with van der Waals surface area (Å²) in [5, 5.41) is 3.79. The second-order valence-electron chi connectivity index (χ2n) is 11.2. The Kier molecular flexibility index (Phi) is 11.3. The lowest BCUT2D eigenvalue weighted by Gasteiger charge is -2.34. The first kappa shape index (κ1) is 34.0. The second-order valence-corrected chi connectivity index (χ2v) is 13.9. The fourth-order valence-electron chi connectivity index (χ4n) is 4.98. The highest BCUT2D eigenvalue weighted by Crippen LogP contribution is 2.31. The summed E-state index contributed by atoms with van der Waals surface area (Å²) in [5.41, 5.74) is 3.20. The van der Waals surface area contributed by atoms with Gasteiger partial charge in [-0.25, -0.2) is 8.42 Å². The van der Waals surface area contributed by atoms with Crippen molar-refractivity contribution in [1.82, 2.24) is 10.2 Å². The van der Waals surface area contributed by atoms with Crippen molar-refractivity contribution < 1.29 is 18.0 Å². The van der Waals surface area contributed by atoms with E-state index in [2.05, 4.69) is 5.32 Å². The maximum absolute atomic E-state index is 14.5. The van der Waals surface area contributed by atoms with E-state index in [-0.39, 0.29) is 35.5 Å². The first-order valence-corrected chi connectivity index (χ1v) is 16.8.